The van der Waals surface area contributed by atoms with Gasteiger partial charge in [-0.1, -0.05) is 30.3 Å². The highest BCUT2D eigenvalue weighted by Gasteiger charge is 2.40. The third-order valence-corrected chi connectivity index (χ3v) is 4.78. The first-order valence-corrected chi connectivity index (χ1v) is 8.05. The van der Waals surface area contributed by atoms with Crippen molar-refractivity contribution in [3.05, 3.63) is 41.4 Å². The number of hydrogen-bond acceptors (Lipinski definition) is 5. The molecule has 0 saturated carbocycles. The van der Waals surface area contributed by atoms with Crippen LogP contribution in [0.2, 0.25) is 0 Å². The Hall–Kier alpha value is -2.25. The summed E-state index contributed by atoms with van der Waals surface area (Å²) in [6.45, 7) is 0.268. The molecule has 7 heteroatoms. The van der Waals surface area contributed by atoms with E-state index in [1.165, 1.54) is 23.3 Å². The third-order valence-electron chi connectivity index (χ3n) is 3.89. The number of benzene rings is 1. The predicted octanol–water partition coefficient (Wildman–Crippen LogP) is 2.12. The molecule has 1 saturated heterocycles. The second-order valence-corrected chi connectivity index (χ2v) is 6.17. The summed E-state index contributed by atoms with van der Waals surface area (Å²) in [5.41, 5.74) is 1.21. The number of aliphatic carboxylic acids is 1. The maximum absolute atomic E-state index is 12.6. The van der Waals surface area contributed by atoms with Gasteiger partial charge in [-0.25, -0.2) is 9.78 Å². The number of carbonyl (C=O) groups is 2. The minimum Gasteiger partial charge on any atom is -0.480 e. The van der Waals surface area contributed by atoms with Crippen molar-refractivity contribution in [1.82, 2.24) is 9.88 Å². The largest absolute Gasteiger partial charge is 0.480 e. The van der Waals surface area contributed by atoms with Crippen LogP contribution in [0, 0.1) is 0 Å². The SMILES string of the molecule is COC1CC(C(=O)O)N(C(=O)c2csc(-c3ccccc3)n2)C1. The molecule has 1 amide bonds. The number of thiazole rings is 1. The number of amides is 1. The van der Waals surface area contributed by atoms with Crippen molar-refractivity contribution in [1.29, 1.82) is 0 Å². The summed E-state index contributed by atoms with van der Waals surface area (Å²) >= 11 is 1.37. The van der Waals surface area contributed by atoms with Crippen LogP contribution in [-0.2, 0) is 9.53 Å². The Morgan fingerprint density at radius 2 is 2.09 bits per heavy atom. The highest BCUT2D eigenvalue weighted by atomic mass is 32.1. The standard InChI is InChI=1S/C16H16N2O4S/c1-22-11-7-13(16(20)21)18(8-11)15(19)12-9-23-14(17-12)10-5-3-2-4-6-10/h2-6,9,11,13H,7-8H2,1H3,(H,20,21). The van der Waals surface area contributed by atoms with Crippen LogP contribution in [0.4, 0.5) is 0 Å². The lowest BCUT2D eigenvalue weighted by atomic mass is 10.2. The van der Waals surface area contributed by atoms with E-state index in [4.69, 9.17) is 4.74 Å². The highest BCUT2D eigenvalue weighted by molar-refractivity contribution is 7.13. The van der Waals surface area contributed by atoms with Gasteiger partial charge >= 0.3 is 5.97 Å². The predicted molar refractivity (Wildman–Crippen MR) is 85.4 cm³/mol. The molecule has 6 nitrogen and oxygen atoms in total. The molecule has 1 aliphatic rings. The summed E-state index contributed by atoms with van der Waals surface area (Å²) in [5, 5.41) is 11.7. The normalized spacial score (nSPS) is 20.7. The van der Waals surface area contributed by atoms with Crippen LogP contribution < -0.4 is 0 Å². The molecule has 23 heavy (non-hydrogen) atoms. The Bertz CT molecular complexity index is 716. The Morgan fingerprint density at radius 3 is 2.74 bits per heavy atom. The van der Waals surface area contributed by atoms with Gasteiger partial charge in [-0.3, -0.25) is 4.79 Å². The van der Waals surface area contributed by atoms with Crippen LogP contribution >= 0.6 is 11.3 Å². The fourth-order valence-electron chi connectivity index (χ4n) is 2.66. The Balaban J connectivity index is 1.83. The van der Waals surface area contributed by atoms with E-state index in [9.17, 15) is 14.7 Å². The molecule has 120 valence electrons. The number of carboxylic acids is 1. The van der Waals surface area contributed by atoms with Crippen LogP contribution in [0.3, 0.4) is 0 Å². The zero-order chi connectivity index (χ0) is 16.4. The molecule has 2 aromatic rings. The van der Waals surface area contributed by atoms with Crippen LogP contribution in [0.1, 0.15) is 16.9 Å². The van der Waals surface area contributed by atoms with Crippen molar-refractivity contribution in [2.45, 2.75) is 18.6 Å². The molecule has 0 bridgehead atoms. The minimum absolute atomic E-state index is 0.257. The molecule has 2 atom stereocenters. The molecule has 1 N–H and O–H groups in total. The summed E-state index contributed by atoms with van der Waals surface area (Å²) in [6, 6.07) is 8.70. The first kappa shape index (κ1) is 15.6. The number of ether oxygens (including phenoxy) is 1. The molecule has 1 fully saturated rings. The van der Waals surface area contributed by atoms with Crippen LogP contribution in [0.25, 0.3) is 10.6 Å². The number of rotatable bonds is 4. The zero-order valence-corrected chi connectivity index (χ0v) is 13.3. The molecular formula is C16H16N2O4S. The van der Waals surface area contributed by atoms with Crippen molar-refractivity contribution >= 4 is 23.2 Å². The lowest BCUT2D eigenvalue weighted by Crippen LogP contribution is -2.40. The first-order valence-electron chi connectivity index (χ1n) is 7.17. The Morgan fingerprint density at radius 1 is 1.35 bits per heavy atom. The van der Waals surface area contributed by atoms with Crippen molar-refractivity contribution in [2.24, 2.45) is 0 Å². The van der Waals surface area contributed by atoms with Gasteiger partial charge in [0.05, 0.1) is 6.10 Å². The van der Waals surface area contributed by atoms with E-state index in [-0.39, 0.29) is 24.2 Å². The molecule has 2 unspecified atom stereocenters. The first-order chi connectivity index (χ1) is 11.1. The van der Waals surface area contributed by atoms with E-state index in [2.05, 4.69) is 4.98 Å². The van der Waals surface area contributed by atoms with E-state index in [1.807, 2.05) is 30.3 Å². The number of methoxy groups -OCH3 is 1. The van der Waals surface area contributed by atoms with Crippen LogP contribution in [0.5, 0.6) is 0 Å². The molecule has 0 spiro atoms. The number of hydrogen-bond donors (Lipinski definition) is 1. The fraction of sp³-hybridized carbons (Fsp3) is 0.312. The summed E-state index contributed by atoms with van der Waals surface area (Å²) < 4.78 is 5.21. The second-order valence-electron chi connectivity index (χ2n) is 5.31. The summed E-state index contributed by atoms with van der Waals surface area (Å²) in [5.74, 6) is -1.38. The van der Waals surface area contributed by atoms with E-state index < -0.39 is 12.0 Å². The quantitative estimate of drug-likeness (QED) is 0.928. The van der Waals surface area contributed by atoms with Crippen molar-refractivity contribution in [3.63, 3.8) is 0 Å². The monoisotopic (exact) mass is 332 g/mol. The van der Waals surface area contributed by atoms with Crippen molar-refractivity contribution in [3.8, 4) is 10.6 Å². The van der Waals surface area contributed by atoms with Gasteiger partial charge in [0.15, 0.2) is 0 Å². The summed E-state index contributed by atoms with van der Waals surface area (Å²) in [7, 11) is 1.52. The topological polar surface area (TPSA) is 79.7 Å². The third kappa shape index (κ3) is 3.11. The summed E-state index contributed by atoms with van der Waals surface area (Å²) in [6.07, 6.45) is 0.0417. The molecule has 1 aromatic carbocycles. The van der Waals surface area contributed by atoms with Crippen molar-refractivity contribution < 1.29 is 19.4 Å². The highest BCUT2D eigenvalue weighted by Crippen LogP contribution is 2.27. The zero-order valence-electron chi connectivity index (χ0n) is 12.5. The molecule has 0 radical (unpaired) electrons. The number of aromatic nitrogens is 1. The van der Waals surface area contributed by atoms with Gasteiger partial charge in [0.2, 0.25) is 0 Å². The second kappa shape index (κ2) is 6.47. The molecule has 1 aliphatic heterocycles. The van der Waals surface area contributed by atoms with Crippen LogP contribution in [-0.4, -0.2) is 52.7 Å². The van der Waals surface area contributed by atoms with Crippen molar-refractivity contribution in [2.75, 3.05) is 13.7 Å². The van der Waals surface area contributed by atoms with Crippen LogP contribution in [0.15, 0.2) is 35.7 Å². The molecular weight excluding hydrogens is 316 g/mol. The molecule has 1 aromatic heterocycles. The smallest absolute Gasteiger partial charge is 0.326 e. The molecule has 2 heterocycles. The van der Waals surface area contributed by atoms with E-state index in [0.717, 1.165) is 10.6 Å². The van der Waals surface area contributed by atoms with Gasteiger partial charge in [-0.2, -0.15) is 0 Å². The maximum atomic E-state index is 12.6. The van der Waals surface area contributed by atoms with Gasteiger partial charge in [0.1, 0.15) is 16.7 Å². The molecule has 3 rings (SSSR count). The number of carbonyl (C=O) groups excluding carboxylic acids is 1. The van der Waals surface area contributed by atoms with E-state index >= 15 is 0 Å². The van der Waals surface area contributed by atoms with E-state index in [0.29, 0.717) is 6.42 Å². The Kier molecular flexibility index (Phi) is 4.40. The van der Waals surface area contributed by atoms with Gasteiger partial charge in [0.25, 0.3) is 5.91 Å². The summed E-state index contributed by atoms with van der Waals surface area (Å²) in [4.78, 5) is 29.7. The van der Waals surface area contributed by atoms with Gasteiger partial charge < -0.3 is 14.7 Å². The number of carboxylic acid groups (broad SMARTS) is 1. The minimum atomic E-state index is -1.02. The number of nitrogens with zero attached hydrogens (tertiary/aromatic N) is 2. The fourth-order valence-corrected chi connectivity index (χ4v) is 3.46. The lowest BCUT2D eigenvalue weighted by molar-refractivity contribution is -0.141. The Labute approximate surface area is 137 Å². The average molecular weight is 332 g/mol. The van der Waals surface area contributed by atoms with Gasteiger partial charge in [0, 0.05) is 31.0 Å². The van der Waals surface area contributed by atoms with Gasteiger partial charge in [-0.15, -0.1) is 11.3 Å². The lowest BCUT2D eigenvalue weighted by Gasteiger charge is -2.19. The maximum Gasteiger partial charge on any atom is 0.326 e. The number of likely N-dealkylation sites (tertiary alicyclic amines) is 1. The molecule has 0 aliphatic carbocycles. The van der Waals surface area contributed by atoms with E-state index in [1.54, 1.807) is 5.38 Å². The average Bonchev–Trinajstić information content (AvgIpc) is 3.22. The van der Waals surface area contributed by atoms with Gasteiger partial charge in [-0.05, 0) is 0 Å².